The largest absolute Gasteiger partial charge is 0.380 e. The Labute approximate surface area is 120 Å². The lowest BCUT2D eigenvalue weighted by Crippen LogP contribution is -2.50. The number of fused-ring (bicyclic) bond motifs is 1. The molecule has 3 saturated heterocycles. The summed E-state index contributed by atoms with van der Waals surface area (Å²) in [6.07, 6.45) is 3.50. The number of nitrogens with one attached hydrogen (secondary N) is 1. The van der Waals surface area contributed by atoms with Crippen LogP contribution in [0.1, 0.15) is 19.3 Å². The number of likely N-dealkylation sites (tertiary alicyclic amines) is 1. The summed E-state index contributed by atoms with van der Waals surface area (Å²) in [6.45, 7) is 3.36. The molecule has 3 aliphatic heterocycles. The molecule has 0 spiro atoms. The van der Waals surface area contributed by atoms with E-state index >= 15 is 0 Å². The van der Waals surface area contributed by atoms with E-state index in [-0.39, 0.29) is 18.2 Å². The summed E-state index contributed by atoms with van der Waals surface area (Å²) in [7, 11) is 3.54. The summed E-state index contributed by atoms with van der Waals surface area (Å²) < 4.78 is 11.5. The van der Waals surface area contributed by atoms with Gasteiger partial charge >= 0.3 is 6.03 Å². The van der Waals surface area contributed by atoms with Gasteiger partial charge in [0.05, 0.1) is 18.8 Å². The summed E-state index contributed by atoms with van der Waals surface area (Å²) in [6, 6.07) is 0.983. The maximum atomic E-state index is 11.9. The molecular formula is C14H25N3O3. The van der Waals surface area contributed by atoms with Gasteiger partial charge in [0, 0.05) is 45.9 Å². The van der Waals surface area contributed by atoms with Crippen molar-refractivity contribution in [1.29, 1.82) is 0 Å². The van der Waals surface area contributed by atoms with Crippen LogP contribution in [0.25, 0.3) is 0 Å². The molecule has 0 aliphatic carbocycles. The quantitative estimate of drug-likeness (QED) is 0.791. The van der Waals surface area contributed by atoms with E-state index in [0.717, 1.165) is 45.6 Å². The van der Waals surface area contributed by atoms with Crippen LogP contribution in [0.2, 0.25) is 0 Å². The van der Waals surface area contributed by atoms with Gasteiger partial charge in [0.1, 0.15) is 0 Å². The maximum absolute atomic E-state index is 11.9. The summed E-state index contributed by atoms with van der Waals surface area (Å²) in [4.78, 5) is 16.0. The van der Waals surface area contributed by atoms with Crippen molar-refractivity contribution in [2.24, 2.45) is 0 Å². The van der Waals surface area contributed by atoms with E-state index in [4.69, 9.17) is 9.47 Å². The fourth-order valence-corrected chi connectivity index (χ4v) is 3.61. The van der Waals surface area contributed by atoms with Gasteiger partial charge in [-0.1, -0.05) is 0 Å². The SMILES string of the molecule is CN(C)C(=O)N[C@@H]1CN([C@@H]2CCOC2)[C@@H]2CCCO[C@@H]21. The van der Waals surface area contributed by atoms with Crippen molar-refractivity contribution in [1.82, 2.24) is 15.1 Å². The summed E-state index contributed by atoms with van der Waals surface area (Å²) in [5.74, 6) is 0. The molecule has 3 rings (SSSR count). The van der Waals surface area contributed by atoms with E-state index < -0.39 is 0 Å². The highest BCUT2D eigenvalue weighted by atomic mass is 16.5. The van der Waals surface area contributed by atoms with Gasteiger partial charge in [-0.25, -0.2) is 4.79 Å². The second-order valence-corrected chi connectivity index (χ2v) is 6.21. The van der Waals surface area contributed by atoms with Crippen LogP contribution in [0.15, 0.2) is 0 Å². The molecule has 3 fully saturated rings. The Morgan fingerprint density at radius 1 is 1.30 bits per heavy atom. The number of ether oxygens (including phenoxy) is 2. The minimum Gasteiger partial charge on any atom is -0.380 e. The van der Waals surface area contributed by atoms with Crippen molar-refractivity contribution < 1.29 is 14.3 Å². The minimum atomic E-state index is -0.0348. The van der Waals surface area contributed by atoms with E-state index in [2.05, 4.69) is 10.2 Å². The first kappa shape index (κ1) is 14.1. The molecule has 6 heteroatoms. The van der Waals surface area contributed by atoms with Crippen LogP contribution in [0.4, 0.5) is 4.79 Å². The lowest BCUT2D eigenvalue weighted by Gasteiger charge is -2.34. The molecule has 3 heterocycles. The molecule has 6 nitrogen and oxygen atoms in total. The number of nitrogens with zero attached hydrogens (tertiary/aromatic N) is 2. The van der Waals surface area contributed by atoms with Crippen LogP contribution in [0.5, 0.6) is 0 Å². The van der Waals surface area contributed by atoms with Gasteiger partial charge in [0.2, 0.25) is 0 Å². The van der Waals surface area contributed by atoms with Crippen molar-refractivity contribution in [3.8, 4) is 0 Å². The normalized spacial score (nSPS) is 37.7. The third-order valence-electron chi connectivity index (χ3n) is 4.65. The number of hydrogen-bond acceptors (Lipinski definition) is 4. The maximum Gasteiger partial charge on any atom is 0.317 e. The van der Waals surface area contributed by atoms with Crippen LogP contribution in [0, 0.1) is 0 Å². The van der Waals surface area contributed by atoms with E-state index in [1.807, 2.05) is 0 Å². The summed E-state index contributed by atoms with van der Waals surface area (Å²) in [5, 5.41) is 3.11. The number of urea groups is 1. The molecule has 1 N–H and O–H groups in total. The van der Waals surface area contributed by atoms with Crippen LogP contribution in [-0.2, 0) is 9.47 Å². The summed E-state index contributed by atoms with van der Waals surface area (Å²) in [5.41, 5.74) is 0. The van der Waals surface area contributed by atoms with Gasteiger partial charge in [-0.3, -0.25) is 4.90 Å². The predicted octanol–water partition coefficient (Wildman–Crippen LogP) is 0.278. The Kier molecular flexibility index (Phi) is 4.14. The fourth-order valence-electron chi connectivity index (χ4n) is 3.61. The van der Waals surface area contributed by atoms with Gasteiger partial charge in [0.15, 0.2) is 0 Å². The Bertz CT molecular complexity index is 358. The van der Waals surface area contributed by atoms with Crippen molar-refractivity contribution in [3.05, 3.63) is 0 Å². The molecule has 4 atom stereocenters. The molecule has 3 aliphatic rings. The van der Waals surface area contributed by atoms with Crippen LogP contribution < -0.4 is 5.32 Å². The van der Waals surface area contributed by atoms with E-state index in [1.165, 1.54) is 0 Å². The van der Waals surface area contributed by atoms with E-state index in [0.29, 0.717) is 12.1 Å². The first-order valence-electron chi connectivity index (χ1n) is 7.59. The van der Waals surface area contributed by atoms with Crippen LogP contribution in [-0.4, -0.2) is 80.5 Å². The predicted molar refractivity (Wildman–Crippen MR) is 74.7 cm³/mol. The van der Waals surface area contributed by atoms with Gasteiger partial charge in [-0.2, -0.15) is 0 Å². The van der Waals surface area contributed by atoms with E-state index in [9.17, 15) is 4.79 Å². The topological polar surface area (TPSA) is 54.0 Å². The Balaban J connectivity index is 1.69. The smallest absolute Gasteiger partial charge is 0.317 e. The molecule has 114 valence electrons. The second-order valence-electron chi connectivity index (χ2n) is 6.21. The first-order valence-corrected chi connectivity index (χ1v) is 7.59. The zero-order chi connectivity index (χ0) is 14.1. The summed E-state index contributed by atoms with van der Waals surface area (Å²) >= 11 is 0. The molecule has 0 bridgehead atoms. The number of amides is 2. The minimum absolute atomic E-state index is 0.0348. The molecular weight excluding hydrogens is 258 g/mol. The third kappa shape index (κ3) is 2.64. The zero-order valence-corrected chi connectivity index (χ0v) is 12.4. The monoisotopic (exact) mass is 283 g/mol. The van der Waals surface area contributed by atoms with Crippen molar-refractivity contribution in [3.63, 3.8) is 0 Å². The number of carbonyl (C=O) groups is 1. The number of carbonyl (C=O) groups excluding carboxylic acids is 1. The van der Waals surface area contributed by atoms with Gasteiger partial charge < -0.3 is 19.7 Å². The highest BCUT2D eigenvalue weighted by Crippen LogP contribution is 2.32. The highest BCUT2D eigenvalue weighted by Gasteiger charge is 2.47. The zero-order valence-electron chi connectivity index (χ0n) is 12.4. The first-order chi connectivity index (χ1) is 9.66. The molecule has 0 unspecified atom stereocenters. The van der Waals surface area contributed by atoms with Gasteiger partial charge in [-0.15, -0.1) is 0 Å². The molecule has 20 heavy (non-hydrogen) atoms. The standard InChI is InChI=1S/C14H25N3O3/c1-16(2)14(18)15-11-8-17(10-5-7-19-9-10)12-4-3-6-20-13(11)12/h10-13H,3-9H2,1-2H3,(H,15,18)/t10-,11-,12-,13-/m1/s1. The highest BCUT2D eigenvalue weighted by molar-refractivity contribution is 5.74. The van der Waals surface area contributed by atoms with Crippen LogP contribution in [0.3, 0.4) is 0 Å². The van der Waals surface area contributed by atoms with Crippen LogP contribution >= 0.6 is 0 Å². The molecule has 2 amide bonds. The molecule has 0 aromatic heterocycles. The Morgan fingerprint density at radius 3 is 2.85 bits per heavy atom. The average molecular weight is 283 g/mol. The number of hydrogen-bond donors (Lipinski definition) is 1. The lowest BCUT2D eigenvalue weighted by molar-refractivity contribution is -0.0267. The van der Waals surface area contributed by atoms with Crippen molar-refractivity contribution in [2.45, 2.75) is 43.5 Å². The lowest BCUT2D eigenvalue weighted by atomic mass is 10.0. The molecule has 0 aromatic rings. The number of rotatable bonds is 2. The average Bonchev–Trinajstić information content (AvgIpc) is 3.06. The molecule has 0 radical (unpaired) electrons. The van der Waals surface area contributed by atoms with Crippen molar-refractivity contribution in [2.75, 3.05) is 40.5 Å². The third-order valence-corrected chi connectivity index (χ3v) is 4.65. The van der Waals surface area contributed by atoms with Gasteiger partial charge in [0.25, 0.3) is 0 Å². The Hall–Kier alpha value is -0.850. The molecule has 0 aromatic carbocycles. The van der Waals surface area contributed by atoms with Gasteiger partial charge in [-0.05, 0) is 19.3 Å². The van der Waals surface area contributed by atoms with E-state index in [1.54, 1.807) is 19.0 Å². The van der Waals surface area contributed by atoms with Crippen molar-refractivity contribution >= 4 is 6.03 Å². The Morgan fingerprint density at radius 2 is 2.15 bits per heavy atom. The fraction of sp³-hybridized carbons (Fsp3) is 0.929. The second kappa shape index (κ2) is 5.87. The molecule has 0 saturated carbocycles.